The van der Waals surface area contributed by atoms with Gasteiger partial charge in [-0.15, -0.1) is 0 Å². The highest BCUT2D eigenvalue weighted by Gasteiger charge is 2.09. The van der Waals surface area contributed by atoms with Crippen LogP contribution in [0.4, 0.5) is 11.5 Å². The summed E-state index contributed by atoms with van der Waals surface area (Å²) in [6, 6.07) is 20.4. The lowest BCUT2D eigenvalue weighted by molar-refractivity contribution is 0.0600. The normalized spacial score (nSPS) is 10.2. The molecule has 0 saturated heterocycles. The van der Waals surface area contributed by atoms with E-state index in [9.17, 15) is 9.59 Å². The maximum Gasteiger partial charge on any atom is 0.337 e. The van der Waals surface area contributed by atoms with Crippen molar-refractivity contribution in [1.82, 2.24) is 4.98 Å². The number of nitrogens with one attached hydrogen (secondary N) is 2. The van der Waals surface area contributed by atoms with E-state index in [0.29, 0.717) is 16.8 Å². The van der Waals surface area contributed by atoms with Crippen molar-refractivity contribution in [3.8, 4) is 0 Å². The first-order chi connectivity index (χ1) is 14.2. The second kappa shape index (κ2) is 10.0. The van der Waals surface area contributed by atoms with Gasteiger partial charge in [0.05, 0.1) is 18.2 Å². The summed E-state index contributed by atoms with van der Waals surface area (Å²) in [5.74, 6) is 0.0509. The largest absolute Gasteiger partial charge is 0.465 e. The number of aryl methyl sites for hydroxylation is 1. The molecule has 0 aliphatic carbocycles. The van der Waals surface area contributed by atoms with Crippen LogP contribution in [0.2, 0.25) is 0 Å². The molecular formula is C23H23N3O3. The Morgan fingerprint density at radius 1 is 0.931 bits per heavy atom. The zero-order valence-electron chi connectivity index (χ0n) is 16.2. The van der Waals surface area contributed by atoms with Crippen molar-refractivity contribution < 1.29 is 14.3 Å². The zero-order valence-corrected chi connectivity index (χ0v) is 16.2. The van der Waals surface area contributed by atoms with Crippen LogP contribution in [-0.2, 0) is 11.2 Å². The maximum atomic E-state index is 12.4. The van der Waals surface area contributed by atoms with Gasteiger partial charge in [-0.25, -0.2) is 9.78 Å². The Balaban J connectivity index is 1.47. The molecule has 2 N–H and O–H groups in total. The Bertz CT molecular complexity index is 939. The van der Waals surface area contributed by atoms with Crippen LogP contribution in [0.25, 0.3) is 0 Å². The van der Waals surface area contributed by atoms with Gasteiger partial charge in [-0.1, -0.05) is 30.3 Å². The minimum atomic E-state index is -0.418. The molecule has 0 atom stereocenters. The highest BCUT2D eigenvalue weighted by Crippen LogP contribution is 2.13. The number of pyridine rings is 1. The standard InChI is InChI=1S/C23H23N3O3/c1-29-23(28)18-9-12-20(13-10-18)26-22(27)19-11-14-21(25-16-19)24-15-5-8-17-6-3-2-4-7-17/h2-4,6-7,9-14,16H,5,8,15H2,1H3,(H,24,25)(H,26,27). The van der Waals surface area contributed by atoms with E-state index in [-0.39, 0.29) is 5.91 Å². The minimum absolute atomic E-state index is 0.265. The van der Waals surface area contributed by atoms with E-state index >= 15 is 0 Å². The average Bonchev–Trinajstić information content (AvgIpc) is 2.78. The summed E-state index contributed by atoms with van der Waals surface area (Å²) in [6.07, 6.45) is 3.54. The number of rotatable bonds is 8. The highest BCUT2D eigenvalue weighted by atomic mass is 16.5. The molecule has 1 heterocycles. The Morgan fingerprint density at radius 2 is 1.66 bits per heavy atom. The predicted molar refractivity (Wildman–Crippen MR) is 113 cm³/mol. The first kappa shape index (κ1) is 20.1. The Hall–Kier alpha value is -3.67. The van der Waals surface area contributed by atoms with Crippen molar-refractivity contribution in [2.24, 2.45) is 0 Å². The molecule has 2 aromatic carbocycles. The first-order valence-electron chi connectivity index (χ1n) is 9.39. The molecule has 6 heteroatoms. The fourth-order valence-electron chi connectivity index (χ4n) is 2.80. The van der Waals surface area contributed by atoms with Crippen molar-refractivity contribution in [3.05, 3.63) is 89.6 Å². The molecule has 0 saturated carbocycles. The lowest BCUT2D eigenvalue weighted by Gasteiger charge is -2.08. The number of anilines is 2. The summed E-state index contributed by atoms with van der Waals surface area (Å²) >= 11 is 0. The van der Waals surface area contributed by atoms with Gasteiger partial charge in [0.2, 0.25) is 0 Å². The third-order valence-corrected chi connectivity index (χ3v) is 4.38. The van der Waals surface area contributed by atoms with Gasteiger partial charge in [0.15, 0.2) is 0 Å². The van der Waals surface area contributed by atoms with Gasteiger partial charge in [-0.2, -0.15) is 0 Å². The second-order valence-corrected chi connectivity index (χ2v) is 6.47. The van der Waals surface area contributed by atoms with E-state index in [2.05, 4.69) is 32.5 Å². The van der Waals surface area contributed by atoms with E-state index in [1.165, 1.54) is 18.9 Å². The van der Waals surface area contributed by atoms with Gasteiger partial charge in [0.25, 0.3) is 5.91 Å². The molecule has 148 valence electrons. The average molecular weight is 389 g/mol. The Labute approximate surface area is 169 Å². The molecule has 0 spiro atoms. The van der Waals surface area contributed by atoms with Crippen molar-refractivity contribution in [3.63, 3.8) is 0 Å². The smallest absolute Gasteiger partial charge is 0.337 e. The molecule has 0 unspecified atom stereocenters. The van der Waals surface area contributed by atoms with Gasteiger partial charge in [-0.05, 0) is 54.8 Å². The third kappa shape index (κ3) is 5.90. The molecule has 0 fully saturated rings. The molecule has 29 heavy (non-hydrogen) atoms. The summed E-state index contributed by atoms with van der Waals surface area (Å²) in [6.45, 7) is 0.806. The number of amides is 1. The fourth-order valence-corrected chi connectivity index (χ4v) is 2.80. The van der Waals surface area contributed by atoms with Gasteiger partial charge in [-0.3, -0.25) is 4.79 Å². The summed E-state index contributed by atoms with van der Waals surface area (Å²) in [5, 5.41) is 6.05. The van der Waals surface area contributed by atoms with E-state index in [1.54, 1.807) is 36.4 Å². The molecule has 1 aromatic heterocycles. The van der Waals surface area contributed by atoms with Crippen molar-refractivity contribution >= 4 is 23.4 Å². The first-order valence-corrected chi connectivity index (χ1v) is 9.39. The molecular weight excluding hydrogens is 366 g/mol. The molecule has 1 amide bonds. The molecule has 3 rings (SSSR count). The van der Waals surface area contributed by atoms with Crippen molar-refractivity contribution in [1.29, 1.82) is 0 Å². The predicted octanol–water partition coefficient (Wildman–Crippen LogP) is 4.17. The number of hydrogen-bond donors (Lipinski definition) is 2. The van der Waals surface area contributed by atoms with Crippen LogP contribution in [0.1, 0.15) is 32.7 Å². The minimum Gasteiger partial charge on any atom is -0.465 e. The number of ether oxygens (including phenoxy) is 1. The molecule has 0 radical (unpaired) electrons. The number of aromatic nitrogens is 1. The van der Waals surface area contributed by atoms with Gasteiger partial charge in [0.1, 0.15) is 5.82 Å². The second-order valence-electron chi connectivity index (χ2n) is 6.47. The fraction of sp³-hybridized carbons (Fsp3) is 0.174. The summed E-state index contributed by atoms with van der Waals surface area (Å²) in [7, 11) is 1.33. The van der Waals surface area contributed by atoms with Gasteiger partial charge < -0.3 is 15.4 Å². The van der Waals surface area contributed by atoms with Crippen molar-refractivity contribution in [2.45, 2.75) is 12.8 Å². The van der Waals surface area contributed by atoms with Gasteiger partial charge in [0, 0.05) is 18.4 Å². The van der Waals surface area contributed by atoms with Crippen LogP contribution in [0.5, 0.6) is 0 Å². The zero-order chi connectivity index (χ0) is 20.5. The SMILES string of the molecule is COC(=O)c1ccc(NC(=O)c2ccc(NCCCc3ccccc3)nc2)cc1. The summed E-state index contributed by atoms with van der Waals surface area (Å²) in [5.41, 5.74) is 2.78. The van der Waals surface area contributed by atoms with E-state index in [0.717, 1.165) is 25.2 Å². The number of carbonyl (C=O) groups excluding carboxylic acids is 2. The van der Waals surface area contributed by atoms with E-state index < -0.39 is 5.97 Å². The number of methoxy groups -OCH3 is 1. The Kier molecular flexibility index (Phi) is 6.95. The van der Waals surface area contributed by atoms with E-state index in [1.807, 2.05) is 18.2 Å². The van der Waals surface area contributed by atoms with E-state index in [4.69, 9.17) is 0 Å². The molecule has 0 aliphatic rings. The van der Waals surface area contributed by atoms with Gasteiger partial charge >= 0.3 is 5.97 Å². The summed E-state index contributed by atoms with van der Waals surface area (Å²) in [4.78, 5) is 28.1. The number of esters is 1. The quantitative estimate of drug-likeness (QED) is 0.447. The van der Waals surface area contributed by atoms with Crippen LogP contribution in [0, 0.1) is 0 Å². The summed E-state index contributed by atoms with van der Waals surface area (Å²) < 4.78 is 4.65. The number of hydrogen-bond acceptors (Lipinski definition) is 5. The lowest BCUT2D eigenvalue weighted by atomic mass is 10.1. The Morgan fingerprint density at radius 3 is 2.31 bits per heavy atom. The van der Waals surface area contributed by atoms with Crippen LogP contribution in [-0.4, -0.2) is 30.5 Å². The monoisotopic (exact) mass is 389 g/mol. The number of benzene rings is 2. The maximum absolute atomic E-state index is 12.4. The highest BCUT2D eigenvalue weighted by molar-refractivity contribution is 6.04. The van der Waals surface area contributed by atoms with Crippen molar-refractivity contribution in [2.75, 3.05) is 24.3 Å². The topological polar surface area (TPSA) is 80.3 Å². The molecule has 0 aliphatic heterocycles. The third-order valence-electron chi connectivity index (χ3n) is 4.38. The molecule has 3 aromatic rings. The van der Waals surface area contributed by atoms with Crippen LogP contribution in [0.15, 0.2) is 72.9 Å². The van der Waals surface area contributed by atoms with Crippen LogP contribution in [0.3, 0.4) is 0 Å². The number of nitrogens with zero attached hydrogens (tertiary/aromatic N) is 1. The molecule has 6 nitrogen and oxygen atoms in total. The number of carbonyl (C=O) groups is 2. The van der Waals surface area contributed by atoms with Crippen LogP contribution >= 0.6 is 0 Å². The lowest BCUT2D eigenvalue weighted by Crippen LogP contribution is -2.13. The van der Waals surface area contributed by atoms with Crippen LogP contribution < -0.4 is 10.6 Å². The molecule has 0 bridgehead atoms.